The predicted octanol–water partition coefficient (Wildman–Crippen LogP) is 4.63. The molecule has 2 aromatic rings. The van der Waals surface area contributed by atoms with Crippen LogP contribution in [0.4, 0.5) is 10.1 Å². The first-order chi connectivity index (χ1) is 8.49. The zero-order valence-electron chi connectivity index (χ0n) is 8.64. The van der Waals surface area contributed by atoms with Crippen molar-refractivity contribution in [2.24, 2.45) is 0 Å². The monoisotopic (exact) mass is 307 g/mol. The molecule has 0 spiro atoms. The smallest absolute Gasteiger partial charge is 0.260 e. The van der Waals surface area contributed by atoms with E-state index in [0.717, 1.165) is 12.1 Å². The van der Waals surface area contributed by atoms with Crippen molar-refractivity contribution in [3.8, 4) is 0 Å². The van der Waals surface area contributed by atoms with E-state index < -0.39 is 11.7 Å². The Kier molecular flexibility index (Phi) is 3.80. The van der Waals surface area contributed by atoms with Crippen LogP contribution in [0.25, 0.3) is 0 Å². The number of hydrogen-bond acceptors (Lipinski definition) is 2. The molecule has 0 aliphatic heterocycles. The van der Waals surface area contributed by atoms with Crippen LogP contribution in [-0.2, 0) is 0 Å². The van der Waals surface area contributed by atoms with Crippen LogP contribution >= 0.6 is 34.8 Å². The third-order valence-corrected chi connectivity index (χ3v) is 3.00. The highest BCUT2D eigenvalue weighted by atomic mass is 35.5. The zero-order chi connectivity index (χ0) is 13.3. The molecule has 0 saturated heterocycles. The summed E-state index contributed by atoms with van der Waals surface area (Å²) in [6.07, 6.45) is 1.27. The minimum Gasteiger partial charge on any atom is -0.452 e. The molecule has 18 heavy (non-hydrogen) atoms. The van der Waals surface area contributed by atoms with Crippen LogP contribution in [0.3, 0.4) is 0 Å². The second kappa shape index (κ2) is 5.18. The molecule has 1 aromatic carbocycles. The van der Waals surface area contributed by atoms with Gasteiger partial charge in [-0.3, -0.25) is 4.79 Å². The average Bonchev–Trinajstić information content (AvgIpc) is 2.69. The first-order valence-corrected chi connectivity index (χ1v) is 5.81. The van der Waals surface area contributed by atoms with Gasteiger partial charge in [-0.05, 0) is 29.8 Å². The van der Waals surface area contributed by atoms with Gasteiger partial charge in [0.25, 0.3) is 5.91 Å². The van der Waals surface area contributed by atoms with Crippen LogP contribution in [0.5, 0.6) is 0 Å². The van der Waals surface area contributed by atoms with Gasteiger partial charge in [0.15, 0.2) is 0 Å². The fourth-order valence-electron chi connectivity index (χ4n) is 1.30. The molecule has 0 atom stereocenters. The lowest BCUT2D eigenvalue weighted by Gasteiger charge is -2.08. The number of rotatable bonds is 2. The number of anilines is 1. The van der Waals surface area contributed by atoms with Crippen molar-refractivity contribution in [3.63, 3.8) is 0 Å². The van der Waals surface area contributed by atoms with Gasteiger partial charge in [0, 0.05) is 0 Å². The second-order valence-corrected chi connectivity index (χ2v) is 4.46. The van der Waals surface area contributed by atoms with Crippen LogP contribution in [0, 0.1) is 5.82 Å². The second-order valence-electron chi connectivity index (χ2n) is 3.31. The van der Waals surface area contributed by atoms with Gasteiger partial charge in [0.2, 0.25) is 5.22 Å². The van der Waals surface area contributed by atoms with Gasteiger partial charge in [-0.25, -0.2) is 4.39 Å². The summed E-state index contributed by atoms with van der Waals surface area (Å²) in [5, 5.41) is 2.37. The molecule has 94 valence electrons. The lowest BCUT2D eigenvalue weighted by atomic mass is 10.2. The van der Waals surface area contributed by atoms with Crippen LogP contribution in [0.2, 0.25) is 15.3 Å². The van der Waals surface area contributed by atoms with Crippen molar-refractivity contribution >= 4 is 46.4 Å². The number of benzene rings is 1. The van der Waals surface area contributed by atoms with Crippen LogP contribution in [0.15, 0.2) is 28.9 Å². The van der Waals surface area contributed by atoms with E-state index in [1.54, 1.807) is 0 Å². The number of carbonyl (C=O) groups is 1. The molecule has 0 aliphatic carbocycles. The highest BCUT2D eigenvalue weighted by molar-refractivity contribution is 6.40. The number of nitrogens with one attached hydrogen (secondary N) is 1. The summed E-state index contributed by atoms with van der Waals surface area (Å²) in [7, 11) is 0. The molecular weight excluding hydrogens is 303 g/mol. The third kappa shape index (κ3) is 2.61. The summed E-state index contributed by atoms with van der Waals surface area (Å²) in [5.41, 5.74) is 0.245. The van der Waals surface area contributed by atoms with E-state index in [0.29, 0.717) is 0 Å². The summed E-state index contributed by atoms with van der Waals surface area (Å²) in [6.45, 7) is 0. The van der Waals surface area contributed by atoms with Gasteiger partial charge in [-0.15, -0.1) is 0 Å². The quantitative estimate of drug-likeness (QED) is 0.878. The van der Waals surface area contributed by atoms with E-state index in [1.165, 1.54) is 12.3 Å². The molecule has 1 N–H and O–H groups in total. The summed E-state index contributed by atoms with van der Waals surface area (Å²) in [6, 6.07) is 3.48. The number of amides is 1. The first-order valence-electron chi connectivity index (χ1n) is 4.68. The van der Waals surface area contributed by atoms with Crippen molar-refractivity contribution in [2.75, 3.05) is 5.32 Å². The SMILES string of the molecule is O=C(Nc1c(Cl)cc(F)cc1Cl)c1ccoc1Cl. The summed E-state index contributed by atoms with van der Waals surface area (Å²) in [5.74, 6) is -1.14. The van der Waals surface area contributed by atoms with Gasteiger partial charge in [0.05, 0.1) is 27.6 Å². The Morgan fingerprint density at radius 1 is 1.22 bits per heavy atom. The van der Waals surface area contributed by atoms with E-state index in [1.807, 2.05) is 0 Å². The predicted molar refractivity (Wildman–Crippen MR) is 68.1 cm³/mol. The van der Waals surface area contributed by atoms with Crippen molar-refractivity contribution < 1.29 is 13.6 Å². The molecule has 1 amide bonds. The molecule has 3 nitrogen and oxygen atoms in total. The Morgan fingerprint density at radius 2 is 1.83 bits per heavy atom. The number of hydrogen-bond donors (Lipinski definition) is 1. The largest absolute Gasteiger partial charge is 0.452 e. The average molecular weight is 309 g/mol. The van der Waals surface area contributed by atoms with Crippen molar-refractivity contribution in [2.45, 2.75) is 0 Å². The molecule has 1 heterocycles. The van der Waals surface area contributed by atoms with Gasteiger partial charge >= 0.3 is 0 Å². The fraction of sp³-hybridized carbons (Fsp3) is 0. The van der Waals surface area contributed by atoms with Crippen molar-refractivity contribution in [1.29, 1.82) is 0 Å². The molecular formula is C11H5Cl3FNO2. The number of halogens is 4. The lowest BCUT2D eigenvalue weighted by molar-refractivity contribution is 0.102. The van der Waals surface area contributed by atoms with Crippen molar-refractivity contribution in [1.82, 2.24) is 0 Å². The van der Waals surface area contributed by atoms with Gasteiger partial charge in [-0.2, -0.15) is 0 Å². The normalized spacial score (nSPS) is 10.4. The van der Waals surface area contributed by atoms with Crippen LogP contribution in [0.1, 0.15) is 10.4 Å². The van der Waals surface area contributed by atoms with E-state index in [2.05, 4.69) is 5.32 Å². The number of carbonyl (C=O) groups excluding carboxylic acids is 1. The standard InChI is InChI=1S/C11H5Cl3FNO2/c12-7-3-5(15)4-8(13)9(7)16-11(17)6-1-2-18-10(6)14/h1-4H,(H,16,17). The van der Waals surface area contributed by atoms with E-state index in [-0.39, 0.29) is 26.5 Å². The Bertz CT molecular complexity index is 589. The Morgan fingerprint density at radius 3 is 2.33 bits per heavy atom. The molecule has 1 aromatic heterocycles. The molecule has 0 fully saturated rings. The number of furan rings is 1. The topological polar surface area (TPSA) is 42.2 Å². The molecule has 7 heteroatoms. The maximum Gasteiger partial charge on any atom is 0.260 e. The summed E-state index contributed by atoms with van der Waals surface area (Å²) >= 11 is 17.2. The van der Waals surface area contributed by atoms with Crippen LogP contribution in [-0.4, -0.2) is 5.91 Å². The first kappa shape index (κ1) is 13.2. The molecule has 2 rings (SSSR count). The highest BCUT2D eigenvalue weighted by Crippen LogP contribution is 2.32. The van der Waals surface area contributed by atoms with Gasteiger partial charge in [-0.1, -0.05) is 23.2 Å². The molecule has 0 bridgehead atoms. The molecule has 0 saturated carbocycles. The van der Waals surface area contributed by atoms with Gasteiger partial charge < -0.3 is 9.73 Å². The zero-order valence-corrected chi connectivity index (χ0v) is 10.9. The van der Waals surface area contributed by atoms with Crippen molar-refractivity contribution in [3.05, 3.63) is 51.1 Å². The lowest BCUT2D eigenvalue weighted by Crippen LogP contribution is -2.12. The third-order valence-electron chi connectivity index (χ3n) is 2.11. The van der Waals surface area contributed by atoms with Crippen LogP contribution < -0.4 is 5.32 Å². The highest BCUT2D eigenvalue weighted by Gasteiger charge is 2.16. The Balaban J connectivity index is 2.31. The van der Waals surface area contributed by atoms with Gasteiger partial charge in [0.1, 0.15) is 5.82 Å². The maximum absolute atomic E-state index is 13.0. The van der Waals surface area contributed by atoms with E-state index in [9.17, 15) is 9.18 Å². The minimum atomic E-state index is -0.593. The Labute approximate surface area is 116 Å². The molecule has 0 radical (unpaired) electrons. The summed E-state index contributed by atoms with van der Waals surface area (Å²) < 4.78 is 17.7. The van der Waals surface area contributed by atoms with E-state index in [4.69, 9.17) is 39.2 Å². The maximum atomic E-state index is 13.0. The fourth-order valence-corrected chi connectivity index (χ4v) is 2.05. The molecule has 0 aliphatic rings. The summed E-state index contributed by atoms with van der Waals surface area (Å²) in [4.78, 5) is 11.8. The van der Waals surface area contributed by atoms with E-state index >= 15 is 0 Å². The Hall–Kier alpha value is -1.23. The molecule has 0 unspecified atom stereocenters. The minimum absolute atomic E-state index is 0.00651.